The number of aryl methyl sites for hydroxylation is 1. The van der Waals surface area contributed by atoms with Crippen molar-refractivity contribution in [1.82, 2.24) is 39.6 Å². The number of rotatable bonds is 5. The maximum absolute atomic E-state index is 12.9. The van der Waals surface area contributed by atoms with Crippen LogP contribution in [0.25, 0.3) is 34.1 Å². The van der Waals surface area contributed by atoms with Gasteiger partial charge in [-0.3, -0.25) is 9.36 Å². The van der Waals surface area contributed by atoms with Crippen LogP contribution in [0.15, 0.2) is 90.1 Å². The minimum Gasteiger partial charge on any atom is -0.383 e. The molecule has 0 radical (unpaired) electrons. The van der Waals surface area contributed by atoms with Gasteiger partial charge in [-0.15, -0.1) is 0 Å². The number of fused-ring (bicyclic) bond motifs is 2. The summed E-state index contributed by atoms with van der Waals surface area (Å²) in [6, 6.07) is 19.0. The number of anilines is 1. The number of imidazole rings is 1. The zero-order valence-corrected chi connectivity index (χ0v) is 22.7. The van der Waals surface area contributed by atoms with Crippen LogP contribution in [0.5, 0.6) is 0 Å². The molecule has 7 rings (SSSR count). The summed E-state index contributed by atoms with van der Waals surface area (Å²) in [7, 11) is 0. The molecule has 10 nitrogen and oxygen atoms in total. The van der Waals surface area contributed by atoms with Gasteiger partial charge in [0.2, 0.25) is 0 Å². The van der Waals surface area contributed by atoms with Gasteiger partial charge in [-0.05, 0) is 94.5 Å². The molecule has 196 valence electrons. The van der Waals surface area contributed by atoms with Crippen molar-refractivity contribution < 1.29 is 4.79 Å². The minimum absolute atomic E-state index is 0.0824. The van der Waals surface area contributed by atoms with Crippen molar-refractivity contribution in [3.8, 4) is 22.9 Å². The third kappa shape index (κ3) is 4.20. The maximum atomic E-state index is 12.9. The number of halogens is 1. The molecule has 40 heavy (non-hydrogen) atoms. The highest BCUT2D eigenvalue weighted by Gasteiger charge is 2.26. The number of nitrogens with zero attached hydrogens (tertiary/aromatic N) is 7. The van der Waals surface area contributed by atoms with Gasteiger partial charge in [0.15, 0.2) is 17.3 Å². The molecule has 0 saturated heterocycles. The molecule has 0 aliphatic heterocycles. The van der Waals surface area contributed by atoms with Crippen LogP contribution < -0.4 is 11.1 Å². The summed E-state index contributed by atoms with van der Waals surface area (Å²) >= 11 is 3.34. The molecule has 0 fully saturated rings. The second-order valence-corrected chi connectivity index (χ2v) is 10.3. The Morgan fingerprint density at radius 1 is 1.00 bits per heavy atom. The number of pyridine rings is 3. The number of carbonyl (C=O) groups is 1. The molecule has 0 unspecified atom stereocenters. The summed E-state index contributed by atoms with van der Waals surface area (Å²) in [6.45, 7) is 0. The second-order valence-electron chi connectivity index (χ2n) is 9.48. The average molecular weight is 592 g/mol. The van der Waals surface area contributed by atoms with Crippen LogP contribution >= 0.6 is 15.9 Å². The molecule has 5 heterocycles. The van der Waals surface area contributed by atoms with Crippen molar-refractivity contribution in [1.29, 1.82) is 0 Å². The van der Waals surface area contributed by atoms with Crippen LogP contribution in [-0.2, 0) is 6.42 Å². The van der Waals surface area contributed by atoms with E-state index >= 15 is 0 Å². The zero-order chi connectivity index (χ0) is 27.2. The first-order valence-electron chi connectivity index (χ1n) is 12.7. The molecular weight excluding hydrogens is 570 g/mol. The number of hydrogen-bond donors (Lipinski definition) is 2. The Bertz CT molecular complexity index is 1900. The van der Waals surface area contributed by atoms with Gasteiger partial charge in [0.1, 0.15) is 15.9 Å². The Hall–Kier alpha value is -4.90. The van der Waals surface area contributed by atoms with E-state index in [9.17, 15) is 4.79 Å². The topological polar surface area (TPSA) is 129 Å². The van der Waals surface area contributed by atoms with Crippen LogP contribution in [0.3, 0.4) is 0 Å². The van der Waals surface area contributed by atoms with E-state index in [2.05, 4.69) is 48.4 Å². The summed E-state index contributed by atoms with van der Waals surface area (Å²) in [5, 5.41) is 7.51. The molecule has 11 heteroatoms. The van der Waals surface area contributed by atoms with Crippen molar-refractivity contribution >= 4 is 38.8 Å². The van der Waals surface area contributed by atoms with Crippen molar-refractivity contribution in [3.63, 3.8) is 0 Å². The lowest BCUT2D eigenvalue weighted by Crippen LogP contribution is -2.27. The Balaban J connectivity index is 1.31. The molecule has 5 aromatic heterocycles. The van der Waals surface area contributed by atoms with E-state index in [4.69, 9.17) is 15.7 Å². The Kier molecular flexibility index (Phi) is 5.85. The van der Waals surface area contributed by atoms with Gasteiger partial charge in [0, 0.05) is 36.0 Å². The van der Waals surface area contributed by atoms with E-state index in [1.807, 2.05) is 47.2 Å². The third-order valence-electron chi connectivity index (χ3n) is 7.06. The Labute approximate surface area is 237 Å². The average Bonchev–Trinajstić information content (AvgIpc) is 3.72. The van der Waals surface area contributed by atoms with Crippen molar-refractivity contribution in [2.75, 3.05) is 5.73 Å². The highest BCUT2D eigenvalue weighted by molar-refractivity contribution is 9.10. The molecule has 0 bridgehead atoms. The van der Waals surface area contributed by atoms with E-state index in [0.29, 0.717) is 33.3 Å². The van der Waals surface area contributed by atoms with Crippen molar-refractivity contribution in [2.24, 2.45) is 0 Å². The van der Waals surface area contributed by atoms with Gasteiger partial charge < -0.3 is 11.1 Å². The van der Waals surface area contributed by atoms with Gasteiger partial charge in [-0.2, -0.15) is 5.10 Å². The molecule has 6 aromatic rings. The first-order chi connectivity index (χ1) is 19.5. The second kappa shape index (κ2) is 9.69. The molecule has 1 atom stereocenters. The first kappa shape index (κ1) is 24.2. The summed E-state index contributed by atoms with van der Waals surface area (Å²) in [5.41, 5.74) is 12.1. The molecule has 1 aromatic carbocycles. The van der Waals surface area contributed by atoms with E-state index in [1.165, 1.54) is 0 Å². The minimum atomic E-state index is -0.129. The lowest BCUT2D eigenvalue weighted by Gasteiger charge is -2.16. The summed E-state index contributed by atoms with van der Waals surface area (Å²) < 4.78 is 4.35. The predicted octanol–water partition coefficient (Wildman–Crippen LogP) is 4.83. The number of aromatic nitrogens is 7. The fraction of sp³-hybridized carbons (Fsp3) is 0.103. The largest absolute Gasteiger partial charge is 0.383 e. The normalized spacial score (nSPS) is 14.4. The molecule has 0 spiro atoms. The molecular formula is C29H22BrN9O. The van der Waals surface area contributed by atoms with Gasteiger partial charge >= 0.3 is 0 Å². The highest BCUT2D eigenvalue weighted by Crippen LogP contribution is 2.36. The summed E-state index contributed by atoms with van der Waals surface area (Å²) in [4.78, 5) is 31.2. The molecule has 0 saturated carbocycles. The summed E-state index contributed by atoms with van der Waals surface area (Å²) in [6.07, 6.45) is 8.48. The van der Waals surface area contributed by atoms with Crippen molar-refractivity contribution in [2.45, 2.75) is 18.9 Å². The third-order valence-corrected chi connectivity index (χ3v) is 7.50. The van der Waals surface area contributed by atoms with Crippen molar-refractivity contribution in [3.05, 3.63) is 107 Å². The van der Waals surface area contributed by atoms with Gasteiger partial charge in [0.05, 0.1) is 11.6 Å². The SMILES string of the molecule is Nc1ncccc1-c1nc2ccc(-n3cccn3)nc2n1-c1ccc2c(c1)CC[C@@H]2NC(=O)c1ccnc(Br)c1. The van der Waals surface area contributed by atoms with Crippen LogP contribution in [0, 0.1) is 0 Å². The lowest BCUT2D eigenvalue weighted by atomic mass is 10.1. The number of nitrogen functional groups attached to an aromatic ring is 1. The Morgan fingerprint density at radius 2 is 1.93 bits per heavy atom. The zero-order valence-electron chi connectivity index (χ0n) is 21.1. The number of nitrogens with one attached hydrogen (secondary N) is 1. The van der Waals surface area contributed by atoms with Gasteiger partial charge in [-0.1, -0.05) is 6.07 Å². The number of benzene rings is 1. The molecule has 1 amide bonds. The van der Waals surface area contributed by atoms with Crippen LogP contribution in [0.1, 0.15) is 33.9 Å². The van der Waals surface area contributed by atoms with Crippen LogP contribution in [-0.4, -0.2) is 40.2 Å². The number of hydrogen-bond acceptors (Lipinski definition) is 7. The smallest absolute Gasteiger partial charge is 0.251 e. The monoisotopic (exact) mass is 591 g/mol. The van der Waals surface area contributed by atoms with Crippen LogP contribution in [0.2, 0.25) is 0 Å². The van der Waals surface area contributed by atoms with E-state index in [1.54, 1.807) is 35.4 Å². The Morgan fingerprint density at radius 3 is 2.75 bits per heavy atom. The maximum Gasteiger partial charge on any atom is 0.251 e. The molecule has 1 aliphatic carbocycles. The number of carbonyl (C=O) groups excluding carboxylic acids is 1. The molecule has 3 N–H and O–H groups in total. The quantitative estimate of drug-likeness (QED) is 0.275. The van der Waals surface area contributed by atoms with E-state index in [0.717, 1.165) is 40.7 Å². The fourth-order valence-corrected chi connectivity index (χ4v) is 5.55. The molecule has 1 aliphatic rings. The number of nitrogens with two attached hydrogens (primary N) is 1. The highest BCUT2D eigenvalue weighted by atomic mass is 79.9. The lowest BCUT2D eigenvalue weighted by molar-refractivity contribution is 0.0936. The first-order valence-corrected chi connectivity index (χ1v) is 13.5. The van der Waals surface area contributed by atoms with Gasteiger partial charge in [0.25, 0.3) is 5.91 Å². The van der Waals surface area contributed by atoms with E-state index < -0.39 is 0 Å². The standard InChI is InChI=1S/C29H22BrN9O/c30-24-16-18(10-13-32-24)29(40)36-22-7-4-17-15-19(5-6-20(17)22)39-27(21-3-1-11-33-26(21)31)35-23-8-9-25(37-28(23)39)38-14-2-12-34-38/h1-3,5-6,8-16,22H,4,7H2,(H2,31,33)(H,36,40)/t22-/m0/s1. The van der Waals surface area contributed by atoms with Gasteiger partial charge in [-0.25, -0.2) is 24.6 Å². The number of amides is 1. The van der Waals surface area contributed by atoms with Crippen LogP contribution in [0.4, 0.5) is 5.82 Å². The fourth-order valence-electron chi connectivity index (χ4n) is 5.19. The van der Waals surface area contributed by atoms with E-state index in [-0.39, 0.29) is 11.9 Å². The summed E-state index contributed by atoms with van der Waals surface area (Å²) in [5.74, 6) is 1.58. The predicted molar refractivity (Wildman–Crippen MR) is 154 cm³/mol.